The summed E-state index contributed by atoms with van der Waals surface area (Å²) in [5.41, 5.74) is -0.716. The van der Waals surface area contributed by atoms with Crippen LogP contribution >= 0.6 is 11.6 Å². The van der Waals surface area contributed by atoms with Gasteiger partial charge in [0.1, 0.15) is 5.56 Å². The first-order valence-electron chi connectivity index (χ1n) is 10.2. The van der Waals surface area contributed by atoms with Gasteiger partial charge in [0.05, 0.1) is 31.7 Å². The number of aromatic hydroxyl groups is 1. The van der Waals surface area contributed by atoms with E-state index in [9.17, 15) is 19.5 Å². The van der Waals surface area contributed by atoms with Crippen LogP contribution in [0.2, 0.25) is 5.02 Å². The molecule has 2 N–H and O–H groups in total. The largest absolute Gasteiger partial charge is 0.493 e. The van der Waals surface area contributed by atoms with Gasteiger partial charge in [-0.05, 0) is 42.0 Å². The van der Waals surface area contributed by atoms with Gasteiger partial charge >= 0.3 is 5.69 Å². The molecule has 1 amide bonds. The molecule has 11 heteroatoms. The van der Waals surface area contributed by atoms with Gasteiger partial charge in [-0.25, -0.2) is 14.4 Å². The van der Waals surface area contributed by atoms with Gasteiger partial charge in [-0.3, -0.25) is 14.6 Å². The van der Waals surface area contributed by atoms with Crippen molar-refractivity contribution in [2.45, 2.75) is 19.4 Å². The number of nitrogens with zero attached hydrogens (tertiary/aromatic N) is 3. The zero-order valence-corrected chi connectivity index (χ0v) is 19.3. The minimum Gasteiger partial charge on any atom is -0.493 e. The van der Waals surface area contributed by atoms with Crippen molar-refractivity contribution >= 4 is 23.2 Å². The fraction of sp³-hybridized carbons (Fsp3) is 0.217. The SMILES string of the molecule is COc1ccc([C@H]2CC(c3c(O)n(-c4ccc(Cl)cc4)c(=O)[nH]c3=O)=NN2C(C)=O)cc1OC. The number of hydrazone groups is 1. The lowest BCUT2D eigenvalue weighted by Crippen LogP contribution is -2.33. The summed E-state index contributed by atoms with van der Waals surface area (Å²) in [6.45, 7) is 1.35. The lowest BCUT2D eigenvalue weighted by Gasteiger charge is -2.21. The van der Waals surface area contributed by atoms with Crippen LogP contribution in [0.1, 0.15) is 30.5 Å². The van der Waals surface area contributed by atoms with E-state index in [1.165, 1.54) is 38.3 Å². The van der Waals surface area contributed by atoms with Crippen LogP contribution in [0.15, 0.2) is 57.2 Å². The normalized spacial score (nSPS) is 15.2. The van der Waals surface area contributed by atoms with Crippen LogP contribution in [0.4, 0.5) is 0 Å². The third-order valence-electron chi connectivity index (χ3n) is 5.48. The molecular formula is C23H21ClN4O6. The molecule has 2 aromatic carbocycles. The van der Waals surface area contributed by atoms with Crippen molar-refractivity contribution in [3.63, 3.8) is 0 Å². The molecule has 0 spiro atoms. The third-order valence-corrected chi connectivity index (χ3v) is 5.74. The summed E-state index contributed by atoms with van der Waals surface area (Å²) in [6, 6.07) is 10.8. The number of ether oxygens (including phenoxy) is 2. The molecule has 0 aliphatic carbocycles. The number of carbonyl (C=O) groups excluding carboxylic acids is 1. The lowest BCUT2D eigenvalue weighted by molar-refractivity contribution is -0.130. The molecule has 4 rings (SSSR count). The molecule has 0 fully saturated rings. The Morgan fingerprint density at radius 1 is 1.12 bits per heavy atom. The van der Waals surface area contributed by atoms with Crippen molar-refractivity contribution < 1.29 is 19.4 Å². The fourth-order valence-electron chi connectivity index (χ4n) is 3.89. The Labute approximate surface area is 198 Å². The van der Waals surface area contributed by atoms with Crippen molar-refractivity contribution in [2.75, 3.05) is 14.2 Å². The Kier molecular flexibility index (Phi) is 6.16. The highest BCUT2D eigenvalue weighted by molar-refractivity contribution is 6.30. The predicted octanol–water partition coefficient (Wildman–Crippen LogP) is 2.60. The van der Waals surface area contributed by atoms with Crippen molar-refractivity contribution in [2.24, 2.45) is 5.10 Å². The van der Waals surface area contributed by atoms with E-state index in [1.54, 1.807) is 30.3 Å². The van der Waals surface area contributed by atoms with Gasteiger partial charge < -0.3 is 14.6 Å². The van der Waals surface area contributed by atoms with E-state index in [4.69, 9.17) is 21.1 Å². The smallest absolute Gasteiger partial charge is 0.335 e. The average Bonchev–Trinajstić information content (AvgIpc) is 3.24. The van der Waals surface area contributed by atoms with Crippen LogP contribution < -0.4 is 20.7 Å². The van der Waals surface area contributed by atoms with Crippen molar-refractivity contribution in [3.05, 3.63) is 79.5 Å². The van der Waals surface area contributed by atoms with Crippen LogP contribution in [0, 0.1) is 0 Å². The Balaban J connectivity index is 1.81. The first-order chi connectivity index (χ1) is 16.2. The highest BCUT2D eigenvalue weighted by Crippen LogP contribution is 2.37. The van der Waals surface area contributed by atoms with E-state index in [-0.39, 0.29) is 23.6 Å². The van der Waals surface area contributed by atoms with Gasteiger partial charge in [-0.1, -0.05) is 17.7 Å². The zero-order valence-electron chi connectivity index (χ0n) is 18.5. The number of aromatic amines is 1. The number of hydrogen-bond acceptors (Lipinski definition) is 7. The van der Waals surface area contributed by atoms with Gasteiger partial charge in [0, 0.05) is 18.4 Å². The first kappa shape index (κ1) is 23.1. The van der Waals surface area contributed by atoms with E-state index < -0.39 is 23.2 Å². The van der Waals surface area contributed by atoms with E-state index in [0.29, 0.717) is 27.8 Å². The zero-order chi connectivity index (χ0) is 24.6. The van der Waals surface area contributed by atoms with Crippen molar-refractivity contribution in [3.8, 4) is 23.1 Å². The average molecular weight is 485 g/mol. The highest BCUT2D eigenvalue weighted by atomic mass is 35.5. The predicted molar refractivity (Wildman–Crippen MR) is 125 cm³/mol. The van der Waals surface area contributed by atoms with Crippen molar-refractivity contribution in [1.29, 1.82) is 0 Å². The molecule has 1 atom stereocenters. The number of H-pyrrole nitrogens is 1. The summed E-state index contributed by atoms with van der Waals surface area (Å²) in [6.07, 6.45) is 0.116. The van der Waals surface area contributed by atoms with Gasteiger partial charge in [0.2, 0.25) is 11.8 Å². The van der Waals surface area contributed by atoms with Crippen LogP contribution in [0.3, 0.4) is 0 Å². The van der Waals surface area contributed by atoms with Gasteiger partial charge in [0.25, 0.3) is 5.56 Å². The minimum absolute atomic E-state index is 0.116. The number of nitrogens with one attached hydrogen (secondary N) is 1. The van der Waals surface area contributed by atoms with E-state index in [1.807, 2.05) is 0 Å². The highest BCUT2D eigenvalue weighted by Gasteiger charge is 2.35. The summed E-state index contributed by atoms with van der Waals surface area (Å²) in [5, 5.41) is 17.0. The summed E-state index contributed by atoms with van der Waals surface area (Å²) in [4.78, 5) is 39.8. The quantitative estimate of drug-likeness (QED) is 0.573. The fourth-order valence-corrected chi connectivity index (χ4v) is 4.01. The molecule has 176 valence electrons. The second kappa shape index (κ2) is 9.06. The minimum atomic E-state index is -0.827. The molecule has 0 bridgehead atoms. The maximum Gasteiger partial charge on any atom is 0.335 e. The molecule has 10 nitrogen and oxygen atoms in total. The van der Waals surface area contributed by atoms with E-state index >= 15 is 0 Å². The molecule has 0 saturated heterocycles. The molecule has 2 heterocycles. The second-order valence-electron chi connectivity index (χ2n) is 7.51. The monoisotopic (exact) mass is 484 g/mol. The Morgan fingerprint density at radius 3 is 2.41 bits per heavy atom. The summed E-state index contributed by atoms with van der Waals surface area (Å²) in [5.74, 6) is 0.0286. The number of benzene rings is 2. The third kappa shape index (κ3) is 4.03. The molecule has 1 aliphatic heterocycles. The van der Waals surface area contributed by atoms with E-state index in [0.717, 1.165) is 4.57 Å². The maximum absolute atomic E-state index is 12.7. The summed E-state index contributed by atoms with van der Waals surface area (Å²) < 4.78 is 11.6. The Morgan fingerprint density at radius 2 is 1.79 bits per heavy atom. The summed E-state index contributed by atoms with van der Waals surface area (Å²) >= 11 is 5.92. The van der Waals surface area contributed by atoms with Gasteiger partial charge in [-0.2, -0.15) is 5.10 Å². The molecule has 1 aromatic heterocycles. The second-order valence-corrected chi connectivity index (χ2v) is 7.95. The van der Waals surface area contributed by atoms with Crippen molar-refractivity contribution in [1.82, 2.24) is 14.6 Å². The molecular weight excluding hydrogens is 464 g/mol. The molecule has 34 heavy (non-hydrogen) atoms. The number of amides is 1. The van der Waals surface area contributed by atoms with Gasteiger partial charge in [0.15, 0.2) is 11.5 Å². The lowest BCUT2D eigenvalue weighted by atomic mass is 9.98. The van der Waals surface area contributed by atoms with Crippen LogP contribution in [0.25, 0.3) is 5.69 Å². The van der Waals surface area contributed by atoms with Crippen LogP contribution in [-0.4, -0.2) is 45.5 Å². The number of hydrogen-bond donors (Lipinski definition) is 2. The number of rotatable bonds is 5. The van der Waals surface area contributed by atoms with Crippen LogP contribution in [-0.2, 0) is 4.79 Å². The van der Waals surface area contributed by atoms with Gasteiger partial charge in [-0.15, -0.1) is 0 Å². The molecule has 0 radical (unpaired) electrons. The van der Waals surface area contributed by atoms with Crippen LogP contribution in [0.5, 0.6) is 17.4 Å². The topological polar surface area (TPSA) is 126 Å². The standard InChI is InChI=1S/C23H21ClN4O6/c1-12(29)28-17(13-4-9-18(33-2)19(10-13)34-3)11-16(26-28)20-21(30)25-23(32)27(22(20)31)15-7-5-14(24)6-8-15/h4-10,17,31H,11H2,1-3H3,(H,25,30,32)/t17-/m1/s1. The maximum atomic E-state index is 12.7. The summed E-state index contributed by atoms with van der Waals surface area (Å²) in [7, 11) is 3.01. The number of carbonyl (C=O) groups is 1. The molecule has 1 aliphatic rings. The van der Waals surface area contributed by atoms with E-state index in [2.05, 4.69) is 10.1 Å². The Bertz CT molecular complexity index is 1410. The number of aromatic nitrogens is 2. The molecule has 0 saturated carbocycles. The number of halogens is 1. The molecule has 3 aromatic rings. The first-order valence-corrected chi connectivity index (χ1v) is 10.6. The Hall–Kier alpha value is -4.05. The number of methoxy groups -OCH3 is 2. The molecule has 0 unspecified atom stereocenters.